The van der Waals surface area contributed by atoms with E-state index in [4.69, 9.17) is 4.74 Å². The van der Waals surface area contributed by atoms with Crippen LogP contribution in [0.4, 0.5) is 5.69 Å². The lowest BCUT2D eigenvalue weighted by molar-refractivity contribution is -0.121. The smallest absolute Gasteiger partial charge is 0.227 e. The van der Waals surface area contributed by atoms with Crippen molar-refractivity contribution in [2.45, 2.75) is 6.92 Å². The Morgan fingerprint density at radius 2 is 1.78 bits per heavy atom. The normalized spacial score (nSPS) is 15.0. The second-order valence-electron chi connectivity index (χ2n) is 5.61. The Kier molecular flexibility index (Phi) is 6.02. The maximum absolute atomic E-state index is 12.4. The molecule has 4 nitrogen and oxygen atoms in total. The van der Waals surface area contributed by atoms with E-state index < -0.39 is 0 Å². The first-order chi connectivity index (χ1) is 10.7. The monoisotopic (exact) mass is 332 g/mol. The van der Waals surface area contributed by atoms with Gasteiger partial charge in [0.15, 0.2) is 5.75 Å². The number of amides is 1. The minimum absolute atomic E-state index is 0. The summed E-state index contributed by atoms with van der Waals surface area (Å²) in [5, 5.41) is 6.19. The van der Waals surface area contributed by atoms with Crippen LogP contribution in [-0.2, 0) is 4.79 Å². The summed E-state index contributed by atoms with van der Waals surface area (Å²) in [7, 11) is 0. The van der Waals surface area contributed by atoms with E-state index in [1.165, 1.54) is 0 Å². The third-order valence-electron chi connectivity index (χ3n) is 4.05. The van der Waals surface area contributed by atoms with Crippen molar-refractivity contribution in [1.82, 2.24) is 5.32 Å². The Morgan fingerprint density at radius 1 is 1.13 bits per heavy atom. The van der Waals surface area contributed by atoms with E-state index in [1.807, 2.05) is 61.5 Å². The number of anilines is 1. The van der Waals surface area contributed by atoms with Gasteiger partial charge in [-0.25, -0.2) is 0 Å². The van der Waals surface area contributed by atoms with Gasteiger partial charge in [0.2, 0.25) is 5.91 Å². The van der Waals surface area contributed by atoms with Crippen molar-refractivity contribution in [3.63, 3.8) is 0 Å². The highest BCUT2D eigenvalue weighted by molar-refractivity contribution is 5.94. The van der Waals surface area contributed by atoms with Gasteiger partial charge in [0.05, 0.1) is 5.69 Å². The average Bonchev–Trinajstić information content (AvgIpc) is 2.48. The molecule has 0 aliphatic carbocycles. The molecule has 0 bridgehead atoms. The van der Waals surface area contributed by atoms with Crippen LogP contribution in [0.25, 0.3) is 0 Å². The molecule has 1 unspecified atom stereocenters. The lowest BCUT2D eigenvalue weighted by atomic mass is 9.88. The number of carbonyl (C=O) groups is 1. The summed E-state index contributed by atoms with van der Waals surface area (Å²) in [6, 6.07) is 17.1. The van der Waals surface area contributed by atoms with Gasteiger partial charge in [-0.3, -0.25) is 4.79 Å². The van der Waals surface area contributed by atoms with Crippen molar-refractivity contribution in [1.29, 1.82) is 0 Å². The largest absolute Gasteiger partial charge is 0.455 e. The summed E-state index contributed by atoms with van der Waals surface area (Å²) in [6.07, 6.45) is 0. The van der Waals surface area contributed by atoms with E-state index in [0.717, 1.165) is 18.8 Å². The molecule has 1 heterocycles. The van der Waals surface area contributed by atoms with Crippen LogP contribution in [0.3, 0.4) is 0 Å². The molecule has 0 radical (unpaired) electrons. The number of nitrogens with one attached hydrogen (secondary N) is 2. The molecule has 1 aliphatic rings. The number of hydrogen-bond acceptors (Lipinski definition) is 3. The second kappa shape index (κ2) is 7.99. The first kappa shape index (κ1) is 17.3. The molecule has 2 aromatic rings. The van der Waals surface area contributed by atoms with Crippen LogP contribution >= 0.6 is 12.4 Å². The Balaban J connectivity index is 0.00000192. The predicted molar refractivity (Wildman–Crippen MR) is 94.4 cm³/mol. The quantitative estimate of drug-likeness (QED) is 0.878. The van der Waals surface area contributed by atoms with Crippen LogP contribution in [0.15, 0.2) is 54.6 Å². The first-order valence-corrected chi connectivity index (χ1v) is 7.57. The lowest BCUT2D eigenvalue weighted by Gasteiger charge is -2.31. The van der Waals surface area contributed by atoms with Crippen LogP contribution in [0.1, 0.15) is 6.92 Å². The molecule has 23 heavy (non-hydrogen) atoms. The molecular formula is C18H21ClN2O2. The molecule has 5 heteroatoms. The van der Waals surface area contributed by atoms with E-state index in [-0.39, 0.29) is 24.2 Å². The van der Waals surface area contributed by atoms with Gasteiger partial charge in [-0.2, -0.15) is 0 Å². The molecule has 0 aromatic heterocycles. The Labute approximate surface area is 142 Å². The molecule has 1 saturated heterocycles. The molecule has 0 spiro atoms. The third-order valence-corrected chi connectivity index (χ3v) is 4.05. The number of halogens is 1. The van der Waals surface area contributed by atoms with E-state index in [2.05, 4.69) is 10.6 Å². The minimum atomic E-state index is -0.00830. The highest BCUT2D eigenvalue weighted by Crippen LogP contribution is 2.30. The number of benzene rings is 2. The van der Waals surface area contributed by atoms with E-state index in [0.29, 0.717) is 17.4 Å². The highest BCUT2D eigenvalue weighted by Gasteiger charge is 2.29. The molecule has 1 fully saturated rings. The number of para-hydroxylation sites is 3. The van der Waals surface area contributed by atoms with E-state index >= 15 is 0 Å². The van der Waals surface area contributed by atoms with Gasteiger partial charge in [-0.15, -0.1) is 12.4 Å². The van der Waals surface area contributed by atoms with Crippen LogP contribution < -0.4 is 15.4 Å². The van der Waals surface area contributed by atoms with Crippen LogP contribution in [0.5, 0.6) is 11.5 Å². The molecule has 1 amide bonds. The van der Waals surface area contributed by atoms with Crippen molar-refractivity contribution in [3.8, 4) is 11.5 Å². The topological polar surface area (TPSA) is 50.4 Å². The van der Waals surface area contributed by atoms with Gasteiger partial charge >= 0.3 is 0 Å². The van der Waals surface area contributed by atoms with Gasteiger partial charge < -0.3 is 15.4 Å². The van der Waals surface area contributed by atoms with E-state index in [1.54, 1.807) is 0 Å². The number of hydrogen-bond donors (Lipinski definition) is 2. The van der Waals surface area contributed by atoms with Gasteiger partial charge in [-0.1, -0.05) is 37.3 Å². The zero-order valence-corrected chi connectivity index (χ0v) is 13.8. The summed E-state index contributed by atoms with van der Waals surface area (Å²) >= 11 is 0. The fourth-order valence-corrected chi connectivity index (χ4v) is 2.40. The van der Waals surface area contributed by atoms with Crippen molar-refractivity contribution >= 4 is 24.0 Å². The molecule has 122 valence electrons. The van der Waals surface area contributed by atoms with Crippen LogP contribution in [0, 0.1) is 11.8 Å². The standard InChI is InChI=1S/C18H20N2O2.ClH/c1-13(14-11-19-12-14)18(21)20-16-9-5-6-10-17(16)22-15-7-3-2-4-8-15;/h2-10,13-14,19H,11-12H2,1H3,(H,20,21);1H. The van der Waals surface area contributed by atoms with Gasteiger partial charge in [0, 0.05) is 5.92 Å². The van der Waals surface area contributed by atoms with Crippen molar-refractivity contribution in [2.75, 3.05) is 18.4 Å². The highest BCUT2D eigenvalue weighted by atomic mass is 35.5. The van der Waals surface area contributed by atoms with Crippen molar-refractivity contribution < 1.29 is 9.53 Å². The number of rotatable bonds is 5. The maximum Gasteiger partial charge on any atom is 0.227 e. The Bertz CT molecular complexity index is 644. The molecule has 1 aliphatic heterocycles. The summed E-state index contributed by atoms with van der Waals surface area (Å²) in [4.78, 5) is 12.4. The van der Waals surface area contributed by atoms with Crippen LogP contribution in [-0.4, -0.2) is 19.0 Å². The van der Waals surface area contributed by atoms with Crippen molar-refractivity contribution in [3.05, 3.63) is 54.6 Å². The van der Waals surface area contributed by atoms with Gasteiger partial charge in [0.25, 0.3) is 0 Å². The first-order valence-electron chi connectivity index (χ1n) is 7.57. The number of ether oxygens (including phenoxy) is 1. The Hall–Kier alpha value is -2.04. The average molecular weight is 333 g/mol. The van der Waals surface area contributed by atoms with Crippen LogP contribution in [0.2, 0.25) is 0 Å². The second-order valence-corrected chi connectivity index (χ2v) is 5.61. The third kappa shape index (κ3) is 4.24. The summed E-state index contributed by atoms with van der Waals surface area (Å²) in [5.74, 6) is 1.85. The summed E-state index contributed by atoms with van der Waals surface area (Å²) < 4.78 is 5.86. The summed E-state index contributed by atoms with van der Waals surface area (Å²) in [5.41, 5.74) is 0.704. The zero-order valence-electron chi connectivity index (χ0n) is 13.0. The fourth-order valence-electron chi connectivity index (χ4n) is 2.40. The molecular weight excluding hydrogens is 312 g/mol. The predicted octanol–water partition coefficient (Wildman–Crippen LogP) is 3.69. The van der Waals surface area contributed by atoms with Gasteiger partial charge in [-0.05, 0) is 43.3 Å². The SMILES string of the molecule is CC(C(=O)Nc1ccccc1Oc1ccccc1)C1CNC1.Cl. The summed E-state index contributed by atoms with van der Waals surface area (Å²) in [6.45, 7) is 3.80. The molecule has 0 saturated carbocycles. The number of carbonyl (C=O) groups excluding carboxylic acids is 1. The van der Waals surface area contributed by atoms with E-state index in [9.17, 15) is 4.79 Å². The van der Waals surface area contributed by atoms with Gasteiger partial charge in [0.1, 0.15) is 5.75 Å². The lowest BCUT2D eigenvalue weighted by Crippen LogP contribution is -2.48. The molecule has 2 aromatic carbocycles. The fraction of sp³-hybridized carbons (Fsp3) is 0.278. The zero-order chi connectivity index (χ0) is 15.4. The minimum Gasteiger partial charge on any atom is -0.455 e. The van der Waals surface area contributed by atoms with Crippen molar-refractivity contribution in [2.24, 2.45) is 11.8 Å². The Morgan fingerprint density at radius 3 is 2.43 bits per heavy atom. The molecule has 2 N–H and O–H groups in total. The molecule has 3 rings (SSSR count). The molecule has 1 atom stereocenters. The maximum atomic E-state index is 12.4.